The predicted octanol–water partition coefficient (Wildman–Crippen LogP) is 2.54. The molecule has 1 aromatic rings. The largest absolute Gasteiger partial charge is 0.384 e. The number of anilines is 1. The molecule has 0 heterocycles. The molecule has 4 heteroatoms. The monoisotopic (exact) mass is 255 g/mol. The summed E-state index contributed by atoms with van der Waals surface area (Å²) in [5.74, 6) is 0.482. The second-order valence-corrected chi connectivity index (χ2v) is 6.65. The van der Waals surface area contributed by atoms with Crippen molar-refractivity contribution in [3.63, 3.8) is 0 Å². The number of rotatable bonds is 6. The first kappa shape index (κ1) is 14.0. The van der Waals surface area contributed by atoms with Crippen LogP contribution in [0.1, 0.15) is 24.5 Å². The molecule has 1 rings (SSSR count). The van der Waals surface area contributed by atoms with E-state index in [1.54, 1.807) is 0 Å². The van der Waals surface area contributed by atoms with Crippen molar-refractivity contribution in [1.29, 1.82) is 0 Å². The molecule has 0 amide bonds. The SMILES string of the molecule is CCCS(=O)(=O)CCNc1c(C)cccc1C. The predicted molar refractivity (Wildman–Crippen MR) is 73.4 cm³/mol. The van der Waals surface area contributed by atoms with E-state index in [-0.39, 0.29) is 11.5 Å². The lowest BCUT2D eigenvalue weighted by atomic mass is 10.1. The van der Waals surface area contributed by atoms with Crippen LogP contribution in [0, 0.1) is 13.8 Å². The number of hydrogen-bond donors (Lipinski definition) is 1. The van der Waals surface area contributed by atoms with Gasteiger partial charge in [0.25, 0.3) is 0 Å². The molecule has 0 aliphatic rings. The summed E-state index contributed by atoms with van der Waals surface area (Å²) in [4.78, 5) is 0. The highest BCUT2D eigenvalue weighted by Gasteiger charge is 2.09. The summed E-state index contributed by atoms with van der Waals surface area (Å²) in [6, 6.07) is 6.05. The van der Waals surface area contributed by atoms with E-state index in [4.69, 9.17) is 0 Å². The second-order valence-electron chi connectivity index (χ2n) is 4.35. The Labute approximate surface area is 104 Å². The lowest BCUT2D eigenvalue weighted by Gasteiger charge is -2.12. The Morgan fingerprint density at radius 3 is 2.24 bits per heavy atom. The summed E-state index contributed by atoms with van der Waals surface area (Å²) in [6.07, 6.45) is 0.686. The fourth-order valence-electron chi connectivity index (χ4n) is 1.84. The van der Waals surface area contributed by atoms with Gasteiger partial charge in [0, 0.05) is 18.0 Å². The molecule has 17 heavy (non-hydrogen) atoms. The van der Waals surface area contributed by atoms with E-state index in [1.807, 2.05) is 39.0 Å². The molecular weight excluding hydrogens is 234 g/mol. The molecule has 0 fully saturated rings. The van der Waals surface area contributed by atoms with Crippen molar-refractivity contribution < 1.29 is 8.42 Å². The van der Waals surface area contributed by atoms with Crippen molar-refractivity contribution in [3.8, 4) is 0 Å². The number of aryl methyl sites for hydroxylation is 2. The lowest BCUT2D eigenvalue weighted by Crippen LogP contribution is -2.18. The second kappa shape index (κ2) is 6.05. The first-order valence-electron chi connectivity index (χ1n) is 5.97. The van der Waals surface area contributed by atoms with E-state index in [2.05, 4.69) is 5.32 Å². The van der Waals surface area contributed by atoms with Crippen LogP contribution in [0.25, 0.3) is 0 Å². The third kappa shape index (κ3) is 4.38. The number of nitrogens with one attached hydrogen (secondary N) is 1. The molecule has 3 nitrogen and oxygen atoms in total. The average molecular weight is 255 g/mol. The minimum Gasteiger partial charge on any atom is -0.384 e. The van der Waals surface area contributed by atoms with Gasteiger partial charge >= 0.3 is 0 Å². The Kier molecular flexibility index (Phi) is 5.00. The topological polar surface area (TPSA) is 46.2 Å². The Morgan fingerprint density at radius 1 is 1.12 bits per heavy atom. The van der Waals surface area contributed by atoms with Crippen LogP contribution in [0.3, 0.4) is 0 Å². The molecule has 0 radical (unpaired) electrons. The normalized spacial score (nSPS) is 11.5. The van der Waals surface area contributed by atoms with Crippen LogP contribution < -0.4 is 5.32 Å². The van der Waals surface area contributed by atoms with Crippen LogP contribution in [0.5, 0.6) is 0 Å². The van der Waals surface area contributed by atoms with Crippen molar-refractivity contribution >= 4 is 15.5 Å². The maximum Gasteiger partial charge on any atom is 0.152 e. The van der Waals surface area contributed by atoms with Crippen molar-refractivity contribution in [2.24, 2.45) is 0 Å². The smallest absolute Gasteiger partial charge is 0.152 e. The molecule has 0 aliphatic carbocycles. The third-order valence-corrected chi connectivity index (χ3v) is 4.57. The number of sulfone groups is 1. The van der Waals surface area contributed by atoms with Gasteiger partial charge in [-0.2, -0.15) is 0 Å². The van der Waals surface area contributed by atoms with Crippen LogP contribution in [0.2, 0.25) is 0 Å². The van der Waals surface area contributed by atoms with Crippen molar-refractivity contribution in [3.05, 3.63) is 29.3 Å². The number of hydrogen-bond acceptors (Lipinski definition) is 3. The first-order valence-corrected chi connectivity index (χ1v) is 7.79. The third-order valence-electron chi connectivity index (χ3n) is 2.71. The summed E-state index contributed by atoms with van der Waals surface area (Å²) < 4.78 is 23.1. The van der Waals surface area contributed by atoms with Crippen molar-refractivity contribution in [1.82, 2.24) is 0 Å². The molecule has 1 aromatic carbocycles. The summed E-state index contributed by atoms with van der Waals surface area (Å²) in [6.45, 7) is 6.41. The maximum absolute atomic E-state index is 11.6. The fourth-order valence-corrected chi connectivity index (χ4v) is 3.08. The summed E-state index contributed by atoms with van der Waals surface area (Å²) in [7, 11) is -2.89. The average Bonchev–Trinajstić information content (AvgIpc) is 2.22. The van der Waals surface area contributed by atoms with E-state index in [1.165, 1.54) is 0 Å². The lowest BCUT2D eigenvalue weighted by molar-refractivity contribution is 0.595. The van der Waals surface area contributed by atoms with E-state index in [9.17, 15) is 8.42 Å². The van der Waals surface area contributed by atoms with Crippen molar-refractivity contribution in [2.75, 3.05) is 23.4 Å². The highest BCUT2D eigenvalue weighted by molar-refractivity contribution is 7.91. The molecular formula is C13H21NO2S. The zero-order valence-electron chi connectivity index (χ0n) is 10.8. The van der Waals surface area contributed by atoms with Gasteiger partial charge in [0.2, 0.25) is 0 Å². The van der Waals surface area contributed by atoms with Crippen LogP contribution >= 0.6 is 0 Å². The van der Waals surface area contributed by atoms with E-state index in [0.717, 1.165) is 16.8 Å². The van der Waals surface area contributed by atoms with Gasteiger partial charge in [-0.3, -0.25) is 0 Å². The summed E-state index contributed by atoms with van der Waals surface area (Å²) in [5.41, 5.74) is 3.36. The zero-order chi connectivity index (χ0) is 12.9. The maximum atomic E-state index is 11.6. The van der Waals surface area contributed by atoms with Crippen LogP contribution in [-0.4, -0.2) is 26.5 Å². The zero-order valence-corrected chi connectivity index (χ0v) is 11.6. The molecule has 0 aromatic heterocycles. The molecule has 0 saturated heterocycles. The molecule has 0 unspecified atom stereocenters. The van der Waals surface area contributed by atoms with Gasteiger partial charge < -0.3 is 5.32 Å². The molecule has 0 spiro atoms. The van der Waals surface area contributed by atoms with Gasteiger partial charge in [0.15, 0.2) is 9.84 Å². The van der Waals surface area contributed by atoms with Crippen molar-refractivity contribution in [2.45, 2.75) is 27.2 Å². The minimum atomic E-state index is -2.89. The quantitative estimate of drug-likeness (QED) is 0.849. The molecule has 0 aliphatic heterocycles. The van der Waals surface area contributed by atoms with Crippen LogP contribution in [0.15, 0.2) is 18.2 Å². The van der Waals surface area contributed by atoms with E-state index in [0.29, 0.717) is 13.0 Å². The first-order chi connectivity index (χ1) is 7.96. The van der Waals surface area contributed by atoms with Crippen LogP contribution in [-0.2, 0) is 9.84 Å². The Morgan fingerprint density at radius 2 is 1.71 bits per heavy atom. The standard InChI is InChI=1S/C13H21NO2S/c1-4-9-17(15,16)10-8-14-13-11(2)6-5-7-12(13)3/h5-7,14H,4,8-10H2,1-3H3. The van der Waals surface area contributed by atoms with Gasteiger partial charge in [-0.15, -0.1) is 0 Å². The number of para-hydroxylation sites is 1. The van der Waals surface area contributed by atoms with Gasteiger partial charge in [-0.25, -0.2) is 8.42 Å². The molecule has 96 valence electrons. The molecule has 0 saturated carbocycles. The highest BCUT2D eigenvalue weighted by atomic mass is 32.2. The minimum absolute atomic E-state index is 0.203. The number of benzene rings is 1. The van der Waals surface area contributed by atoms with Gasteiger partial charge in [0.1, 0.15) is 0 Å². The van der Waals surface area contributed by atoms with Crippen LogP contribution in [0.4, 0.5) is 5.69 Å². The highest BCUT2D eigenvalue weighted by Crippen LogP contribution is 2.18. The summed E-state index contributed by atoms with van der Waals surface area (Å²) in [5, 5.41) is 3.22. The van der Waals surface area contributed by atoms with Gasteiger partial charge in [-0.1, -0.05) is 25.1 Å². The molecule has 1 N–H and O–H groups in total. The Balaban J connectivity index is 2.57. The van der Waals surface area contributed by atoms with E-state index < -0.39 is 9.84 Å². The molecule has 0 atom stereocenters. The molecule has 0 bridgehead atoms. The van der Waals surface area contributed by atoms with Gasteiger partial charge in [-0.05, 0) is 31.4 Å². The Hall–Kier alpha value is -1.03. The summed E-state index contributed by atoms with van der Waals surface area (Å²) >= 11 is 0. The van der Waals surface area contributed by atoms with Gasteiger partial charge in [0.05, 0.1) is 5.75 Å². The fraction of sp³-hybridized carbons (Fsp3) is 0.538. The Bertz CT molecular complexity index is 446. The van der Waals surface area contributed by atoms with E-state index >= 15 is 0 Å².